The number of rotatable bonds is 3. The highest BCUT2D eigenvalue weighted by molar-refractivity contribution is 7.20. The van der Waals surface area contributed by atoms with Gasteiger partial charge in [0, 0.05) is 25.7 Å². The molecule has 0 unspecified atom stereocenters. The highest BCUT2D eigenvalue weighted by Gasteiger charge is 2.25. The molecule has 3 heterocycles. The Hall–Kier alpha value is -2.47. The van der Waals surface area contributed by atoms with Crippen molar-refractivity contribution in [3.63, 3.8) is 0 Å². The molecule has 0 bridgehead atoms. The van der Waals surface area contributed by atoms with Crippen molar-refractivity contribution in [1.82, 2.24) is 9.55 Å². The van der Waals surface area contributed by atoms with E-state index in [0.29, 0.717) is 15.1 Å². The SMILES string of the molecule is CCc1ccccc1N(C)C(=O)c1sc2nc3n(c(=O)c2c1C)CCCCC3. The molecule has 5 nitrogen and oxygen atoms in total. The molecule has 0 fully saturated rings. The summed E-state index contributed by atoms with van der Waals surface area (Å²) in [6.45, 7) is 4.68. The molecule has 0 saturated heterocycles. The number of hydrogen-bond donors (Lipinski definition) is 0. The van der Waals surface area contributed by atoms with Crippen LogP contribution in [0.15, 0.2) is 29.1 Å². The average Bonchev–Trinajstić information content (AvgIpc) is 2.88. The van der Waals surface area contributed by atoms with Crippen LogP contribution in [0.2, 0.25) is 0 Å². The van der Waals surface area contributed by atoms with Gasteiger partial charge in [-0.25, -0.2) is 4.98 Å². The van der Waals surface area contributed by atoms with Crippen molar-refractivity contribution in [1.29, 1.82) is 0 Å². The normalized spacial score (nSPS) is 14.0. The van der Waals surface area contributed by atoms with Crippen molar-refractivity contribution in [3.05, 3.63) is 56.4 Å². The number of para-hydroxylation sites is 1. The Kier molecular flexibility index (Phi) is 5.06. The number of hydrogen-bond acceptors (Lipinski definition) is 4. The summed E-state index contributed by atoms with van der Waals surface area (Å²) >= 11 is 1.35. The van der Waals surface area contributed by atoms with Gasteiger partial charge >= 0.3 is 0 Å². The minimum absolute atomic E-state index is 0.00584. The summed E-state index contributed by atoms with van der Waals surface area (Å²) in [7, 11) is 1.80. The topological polar surface area (TPSA) is 55.2 Å². The van der Waals surface area contributed by atoms with Crippen molar-refractivity contribution in [3.8, 4) is 0 Å². The van der Waals surface area contributed by atoms with Gasteiger partial charge in [-0.1, -0.05) is 31.5 Å². The Balaban J connectivity index is 1.81. The molecule has 1 amide bonds. The molecule has 0 atom stereocenters. The van der Waals surface area contributed by atoms with Crippen molar-refractivity contribution in [2.75, 3.05) is 11.9 Å². The number of fused-ring (bicyclic) bond motifs is 2. The average molecular weight is 396 g/mol. The van der Waals surface area contributed by atoms with Crippen LogP contribution in [0.3, 0.4) is 0 Å². The number of anilines is 1. The Morgan fingerprint density at radius 1 is 1.25 bits per heavy atom. The van der Waals surface area contributed by atoms with Gasteiger partial charge in [0.05, 0.1) is 10.3 Å². The first-order chi connectivity index (χ1) is 13.5. The van der Waals surface area contributed by atoms with Crippen LogP contribution in [0.1, 0.15) is 52.8 Å². The van der Waals surface area contributed by atoms with Crippen molar-refractivity contribution in [2.24, 2.45) is 0 Å². The smallest absolute Gasteiger partial charge is 0.268 e. The number of carbonyl (C=O) groups is 1. The van der Waals surface area contributed by atoms with Crippen molar-refractivity contribution < 1.29 is 4.79 Å². The highest BCUT2D eigenvalue weighted by atomic mass is 32.1. The molecule has 1 aliphatic heterocycles. The summed E-state index contributed by atoms with van der Waals surface area (Å²) in [5.74, 6) is 0.779. The minimum Gasteiger partial charge on any atom is -0.310 e. The van der Waals surface area contributed by atoms with E-state index in [4.69, 9.17) is 4.98 Å². The summed E-state index contributed by atoms with van der Waals surface area (Å²) in [5.41, 5.74) is 2.79. The summed E-state index contributed by atoms with van der Waals surface area (Å²) in [6, 6.07) is 7.95. The third-order valence-corrected chi connectivity index (χ3v) is 6.82. The van der Waals surface area contributed by atoms with Crippen LogP contribution < -0.4 is 10.5 Å². The molecular weight excluding hydrogens is 370 g/mol. The zero-order chi connectivity index (χ0) is 19.8. The second kappa shape index (κ2) is 7.51. The van der Waals surface area contributed by atoms with E-state index in [9.17, 15) is 9.59 Å². The van der Waals surface area contributed by atoms with Crippen LogP contribution in [-0.4, -0.2) is 22.5 Å². The molecule has 1 aromatic carbocycles. The molecule has 28 heavy (non-hydrogen) atoms. The molecule has 1 aliphatic rings. The van der Waals surface area contributed by atoms with Crippen LogP contribution in [0, 0.1) is 6.92 Å². The molecule has 6 heteroatoms. The van der Waals surface area contributed by atoms with Crippen LogP contribution in [0.25, 0.3) is 10.2 Å². The quantitative estimate of drug-likeness (QED) is 0.663. The van der Waals surface area contributed by atoms with Crippen LogP contribution in [-0.2, 0) is 19.4 Å². The lowest BCUT2D eigenvalue weighted by molar-refractivity contribution is 0.0996. The fourth-order valence-corrected chi connectivity index (χ4v) is 5.18. The summed E-state index contributed by atoms with van der Waals surface area (Å²) in [5, 5.41) is 0.608. The van der Waals surface area contributed by atoms with E-state index in [2.05, 4.69) is 6.92 Å². The van der Waals surface area contributed by atoms with Gasteiger partial charge in [0.15, 0.2) is 0 Å². The van der Waals surface area contributed by atoms with Gasteiger partial charge in [0.2, 0.25) is 0 Å². The predicted molar refractivity (Wildman–Crippen MR) is 115 cm³/mol. The van der Waals surface area contributed by atoms with Crippen LogP contribution in [0.5, 0.6) is 0 Å². The number of nitrogens with zero attached hydrogens (tertiary/aromatic N) is 3. The molecule has 0 spiro atoms. The zero-order valence-electron chi connectivity index (χ0n) is 16.6. The lowest BCUT2D eigenvalue weighted by Gasteiger charge is -2.20. The van der Waals surface area contributed by atoms with Crippen molar-refractivity contribution >= 4 is 33.1 Å². The van der Waals surface area contributed by atoms with E-state index < -0.39 is 0 Å². The zero-order valence-corrected chi connectivity index (χ0v) is 17.4. The van der Waals surface area contributed by atoms with Gasteiger partial charge < -0.3 is 4.90 Å². The number of benzene rings is 1. The largest absolute Gasteiger partial charge is 0.310 e. The summed E-state index contributed by atoms with van der Waals surface area (Å²) < 4.78 is 1.82. The Labute approximate surface area is 168 Å². The molecule has 4 rings (SSSR count). The maximum Gasteiger partial charge on any atom is 0.268 e. The second-order valence-electron chi connectivity index (χ2n) is 7.38. The van der Waals surface area contributed by atoms with E-state index in [-0.39, 0.29) is 11.5 Å². The monoisotopic (exact) mass is 395 g/mol. The lowest BCUT2D eigenvalue weighted by atomic mass is 10.1. The fraction of sp³-hybridized carbons (Fsp3) is 0.409. The molecule has 0 N–H and O–H groups in total. The fourth-order valence-electron chi connectivity index (χ4n) is 4.01. The second-order valence-corrected chi connectivity index (χ2v) is 8.38. The number of thiophene rings is 1. The number of aromatic nitrogens is 2. The Morgan fingerprint density at radius 3 is 2.82 bits per heavy atom. The predicted octanol–water partition coefficient (Wildman–Crippen LogP) is 4.33. The molecular formula is C22H25N3O2S. The summed E-state index contributed by atoms with van der Waals surface area (Å²) in [6.07, 6.45) is 4.88. The first-order valence-electron chi connectivity index (χ1n) is 9.91. The Morgan fingerprint density at radius 2 is 2.04 bits per heavy atom. The number of amides is 1. The van der Waals surface area contributed by atoms with E-state index >= 15 is 0 Å². The van der Waals surface area contributed by atoms with Gasteiger partial charge in [0.25, 0.3) is 11.5 Å². The van der Waals surface area contributed by atoms with E-state index in [0.717, 1.165) is 61.3 Å². The van der Waals surface area contributed by atoms with Crippen molar-refractivity contribution in [2.45, 2.75) is 52.5 Å². The molecule has 0 aliphatic carbocycles. The molecule has 2 aromatic heterocycles. The maximum absolute atomic E-state index is 13.3. The molecule has 3 aromatic rings. The first-order valence-corrected chi connectivity index (χ1v) is 10.7. The first kappa shape index (κ1) is 18.9. The van der Waals surface area contributed by atoms with Gasteiger partial charge in [-0.2, -0.15) is 0 Å². The van der Waals surface area contributed by atoms with Gasteiger partial charge in [-0.05, 0) is 43.4 Å². The van der Waals surface area contributed by atoms with Gasteiger partial charge in [-0.3, -0.25) is 14.2 Å². The Bertz CT molecular complexity index is 1110. The maximum atomic E-state index is 13.3. The van der Waals surface area contributed by atoms with Gasteiger partial charge in [0.1, 0.15) is 10.7 Å². The molecule has 0 saturated carbocycles. The van der Waals surface area contributed by atoms with E-state index in [1.807, 2.05) is 35.8 Å². The van der Waals surface area contributed by atoms with E-state index in [1.165, 1.54) is 11.3 Å². The molecule has 0 radical (unpaired) electrons. The van der Waals surface area contributed by atoms with E-state index in [1.54, 1.807) is 11.9 Å². The number of aryl methyl sites for hydroxylation is 3. The minimum atomic E-state index is -0.0824. The van der Waals surface area contributed by atoms with Gasteiger partial charge in [-0.15, -0.1) is 11.3 Å². The third-order valence-electron chi connectivity index (χ3n) is 5.64. The lowest BCUT2D eigenvalue weighted by Crippen LogP contribution is -2.27. The summed E-state index contributed by atoms with van der Waals surface area (Å²) in [4.78, 5) is 34.2. The highest BCUT2D eigenvalue weighted by Crippen LogP contribution is 2.31. The molecule has 146 valence electrons. The standard InChI is InChI=1S/C22H25N3O2S/c1-4-15-10-7-8-11-16(15)24(3)22(27)19-14(2)18-20(28-19)23-17-12-6-5-9-13-25(17)21(18)26/h7-8,10-11H,4-6,9,12-13H2,1-3H3. The van der Waals surface area contributed by atoms with Crippen LogP contribution >= 0.6 is 11.3 Å². The third kappa shape index (κ3) is 3.05. The van der Waals surface area contributed by atoms with Crippen LogP contribution in [0.4, 0.5) is 5.69 Å². The number of carbonyl (C=O) groups excluding carboxylic acids is 1.